The summed E-state index contributed by atoms with van der Waals surface area (Å²) < 4.78 is 38.0. The van der Waals surface area contributed by atoms with Gasteiger partial charge in [0.15, 0.2) is 34.5 Å². The summed E-state index contributed by atoms with van der Waals surface area (Å²) in [5.74, 6) is -2.41. The van der Waals surface area contributed by atoms with Crippen LogP contribution in [0.1, 0.15) is 427 Å². The van der Waals surface area contributed by atoms with E-state index in [9.17, 15) is 28.8 Å². The zero-order chi connectivity index (χ0) is 73.3. The van der Waals surface area contributed by atoms with E-state index in [1.54, 1.807) is 36.4 Å². The van der Waals surface area contributed by atoms with Crippen LogP contribution in [0.3, 0.4) is 0 Å². The molecule has 0 saturated carbocycles. The molecule has 12 heteroatoms. The quantitative estimate of drug-likeness (QED) is 0.0179. The lowest BCUT2D eigenvalue weighted by atomic mass is 9.93. The predicted molar refractivity (Wildman–Crippen MR) is 424 cm³/mol. The fourth-order valence-electron chi connectivity index (χ4n) is 14.0. The van der Waals surface area contributed by atoms with Gasteiger partial charge in [0.05, 0.1) is 0 Å². The minimum Gasteiger partial charge on any atom is -0.422 e. The van der Waals surface area contributed by atoms with Crippen LogP contribution in [0.5, 0.6) is 34.5 Å². The lowest BCUT2D eigenvalue weighted by Crippen LogP contribution is -2.13. The molecule has 4 aromatic rings. The lowest BCUT2D eigenvalue weighted by Gasteiger charge is -2.19. The summed E-state index contributed by atoms with van der Waals surface area (Å²) in [6, 6.07) is 10.3. The number of hydrogen-bond donors (Lipinski definition) is 0. The maximum Gasteiger partial charge on any atom is 0.311 e. The van der Waals surface area contributed by atoms with Crippen molar-refractivity contribution in [3.05, 3.63) is 36.4 Å². The average Bonchev–Trinajstić information content (AvgIpc) is 0.726. The molecule has 0 aromatic heterocycles. The summed E-state index contributed by atoms with van der Waals surface area (Å²) in [7, 11) is 0. The second kappa shape index (κ2) is 58.7. The third-order valence-corrected chi connectivity index (χ3v) is 20.4. The average molecular weight is 1420 g/mol. The molecule has 0 atom stereocenters. The Balaban J connectivity index is 1.93. The van der Waals surface area contributed by atoms with Crippen molar-refractivity contribution in [3.63, 3.8) is 0 Å². The molecular weight excluding hydrogens is 1270 g/mol. The standard InChI is InChI=1S/C90H144O12/c1-7-13-19-25-31-37-43-49-55-61-85(91)97-79-67-73-74(68-80(79)98-86(92)62-56-50-44-38-32-26-20-14-8-2)76-70-82(100-88(94)64-58-52-46-40-34-28-22-16-10-4)84(102-90(96)66-60-54-48-42-36-30-24-18-12-6)72-78(76)77-71-83(101-89(95)65-59-53-47-41-35-29-23-17-11-5)81(69-75(73)77)99-87(93)63-57-51-45-39-33-27-21-15-9-3/h67-72H,7-66H2,1-6H3. The highest BCUT2D eigenvalue weighted by Crippen LogP contribution is 2.48. The Hall–Kier alpha value is -5.52. The van der Waals surface area contributed by atoms with Gasteiger partial charge in [0.25, 0.3) is 0 Å². The van der Waals surface area contributed by atoms with Gasteiger partial charge >= 0.3 is 35.8 Å². The molecule has 4 rings (SSSR count). The molecule has 0 unspecified atom stereocenters. The van der Waals surface area contributed by atoms with Crippen LogP contribution in [0.2, 0.25) is 0 Å². The first-order chi connectivity index (χ1) is 50.0. The smallest absolute Gasteiger partial charge is 0.311 e. The number of carbonyl (C=O) groups excluding carboxylic acids is 6. The van der Waals surface area contributed by atoms with Crippen LogP contribution in [-0.2, 0) is 28.8 Å². The summed E-state index contributed by atoms with van der Waals surface area (Å²) in [5, 5.41) is 3.21. The molecule has 12 nitrogen and oxygen atoms in total. The summed E-state index contributed by atoms with van der Waals surface area (Å²) in [6.45, 7) is 13.3. The van der Waals surface area contributed by atoms with E-state index in [2.05, 4.69) is 41.5 Å². The van der Waals surface area contributed by atoms with Crippen LogP contribution < -0.4 is 28.4 Å². The van der Waals surface area contributed by atoms with E-state index in [0.717, 1.165) is 116 Å². The third-order valence-electron chi connectivity index (χ3n) is 20.4. The van der Waals surface area contributed by atoms with Crippen LogP contribution >= 0.6 is 0 Å². The van der Waals surface area contributed by atoms with Gasteiger partial charge in [-0.1, -0.05) is 350 Å². The Kier molecular flexibility index (Phi) is 51.2. The van der Waals surface area contributed by atoms with Crippen LogP contribution in [0, 0.1) is 0 Å². The minimum absolute atomic E-state index is 0.0551. The summed E-state index contributed by atoms with van der Waals surface area (Å²) in [6.07, 6.45) is 59.6. The van der Waals surface area contributed by atoms with Gasteiger partial charge < -0.3 is 28.4 Å². The Morgan fingerprint density at radius 3 is 0.373 bits per heavy atom. The second-order valence-corrected chi connectivity index (χ2v) is 29.8. The molecule has 0 amide bonds. The molecule has 0 radical (unpaired) electrons. The first-order valence-corrected chi connectivity index (χ1v) is 42.8. The van der Waals surface area contributed by atoms with Crippen molar-refractivity contribution in [2.45, 2.75) is 427 Å². The summed E-state index contributed by atoms with van der Waals surface area (Å²) in [4.78, 5) is 85.0. The molecule has 4 aromatic carbocycles. The number of ether oxygens (including phenoxy) is 6. The van der Waals surface area contributed by atoms with Crippen molar-refractivity contribution in [2.75, 3.05) is 0 Å². The predicted octanol–water partition coefficient (Wildman–Crippen LogP) is 28.1. The molecule has 102 heavy (non-hydrogen) atoms. The summed E-state index contributed by atoms with van der Waals surface area (Å²) in [5.41, 5.74) is 0. The van der Waals surface area contributed by atoms with E-state index in [1.807, 2.05) is 0 Å². The second-order valence-electron chi connectivity index (χ2n) is 29.8. The monoisotopic (exact) mass is 1420 g/mol. The normalized spacial score (nSPS) is 11.5. The first-order valence-electron chi connectivity index (χ1n) is 42.8. The van der Waals surface area contributed by atoms with Crippen molar-refractivity contribution in [3.8, 4) is 34.5 Å². The molecule has 0 fully saturated rings. The van der Waals surface area contributed by atoms with Gasteiger partial charge in [-0.2, -0.15) is 0 Å². The van der Waals surface area contributed by atoms with Crippen molar-refractivity contribution in [1.29, 1.82) is 0 Å². The van der Waals surface area contributed by atoms with Gasteiger partial charge in [-0.05, 0) is 107 Å². The fourth-order valence-corrected chi connectivity index (χ4v) is 14.0. The number of benzene rings is 4. The van der Waals surface area contributed by atoms with Gasteiger partial charge in [-0.3, -0.25) is 28.8 Å². The zero-order valence-corrected chi connectivity index (χ0v) is 65.8. The van der Waals surface area contributed by atoms with Crippen molar-refractivity contribution < 1.29 is 57.2 Å². The Labute approximate surface area is 619 Å². The fraction of sp³-hybridized carbons (Fsp3) is 0.733. The SMILES string of the molecule is CCCCCCCCCCCC(=O)Oc1cc2c3cc(OC(=O)CCCCCCCCCCC)c(OC(=O)CCCCCCCCCCC)cc3c3cc(OC(=O)CCCCCCCCCCC)c(OC(=O)CCCCCCCCCCC)cc3c2cc1OC(=O)CCCCCCCCCCC. The lowest BCUT2D eigenvalue weighted by molar-refractivity contribution is -0.137. The largest absolute Gasteiger partial charge is 0.422 e. The number of fused-ring (bicyclic) bond motifs is 6. The molecule has 0 bridgehead atoms. The van der Waals surface area contributed by atoms with Crippen LogP contribution in [0.25, 0.3) is 32.3 Å². The van der Waals surface area contributed by atoms with E-state index in [-0.39, 0.29) is 73.0 Å². The molecular formula is C90H144O12. The van der Waals surface area contributed by atoms with E-state index in [4.69, 9.17) is 28.4 Å². The Morgan fingerprint density at radius 1 is 0.167 bits per heavy atom. The first kappa shape index (κ1) is 88.9. The van der Waals surface area contributed by atoms with Crippen molar-refractivity contribution >= 4 is 68.1 Å². The molecule has 0 aliphatic carbocycles. The third kappa shape index (κ3) is 39.6. The van der Waals surface area contributed by atoms with Gasteiger partial charge in [-0.15, -0.1) is 0 Å². The number of unbranched alkanes of at least 4 members (excludes halogenated alkanes) is 48. The highest BCUT2D eigenvalue weighted by molar-refractivity contribution is 6.27. The van der Waals surface area contributed by atoms with E-state index in [0.29, 0.717) is 70.8 Å². The number of hydrogen-bond acceptors (Lipinski definition) is 12. The summed E-state index contributed by atoms with van der Waals surface area (Å²) >= 11 is 0. The minimum atomic E-state index is -0.457. The van der Waals surface area contributed by atoms with Crippen LogP contribution in [0.15, 0.2) is 36.4 Å². The van der Waals surface area contributed by atoms with Crippen molar-refractivity contribution in [2.24, 2.45) is 0 Å². The Bertz CT molecular complexity index is 2390. The molecule has 0 aliphatic heterocycles. The highest BCUT2D eigenvalue weighted by atomic mass is 16.6. The van der Waals surface area contributed by atoms with Gasteiger partial charge in [-0.25, -0.2) is 0 Å². The highest BCUT2D eigenvalue weighted by Gasteiger charge is 2.26. The number of rotatable bonds is 66. The molecule has 0 spiro atoms. The molecule has 576 valence electrons. The van der Waals surface area contributed by atoms with E-state index in [1.165, 1.54) is 193 Å². The van der Waals surface area contributed by atoms with E-state index >= 15 is 0 Å². The van der Waals surface area contributed by atoms with Gasteiger partial charge in [0.2, 0.25) is 0 Å². The maximum absolute atomic E-state index is 14.2. The van der Waals surface area contributed by atoms with Gasteiger partial charge in [0.1, 0.15) is 0 Å². The molecule has 0 heterocycles. The Morgan fingerprint density at radius 2 is 0.265 bits per heavy atom. The number of carbonyl (C=O) groups is 6. The van der Waals surface area contributed by atoms with Crippen LogP contribution in [-0.4, -0.2) is 35.8 Å². The van der Waals surface area contributed by atoms with Crippen LogP contribution in [0.4, 0.5) is 0 Å². The molecule has 0 saturated heterocycles. The number of esters is 6. The zero-order valence-electron chi connectivity index (χ0n) is 65.8. The van der Waals surface area contributed by atoms with Crippen molar-refractivity contribution in [1.82, 2.24) is 0 Å². The molecule has 0 aliphatic rings. The van der Waals surface area contributed by atoms with E-state index < -0.39 is 35.8 Å². The molecule has 0 N–H and O–H groups in total. The maximum atomic E-state index is 14.2. The van der Waals surface area contributed by atoms with Gasteiger partial charge in [0, 0.05) is 38.5 Å². The topological polar surface area (TPSA) is 158 Å².